The van der Waals surface area contributed by atoms with E-state index in [1.54, 1.807) is 11.8 Å². The van der Waals surface area contributed by atoms with E-state index < -0.39 is 0 Å². The number of hydrogen-bond donors (Lipinski definition) is 0. The zero-order valence-electron chi connectivity index (χ0n) is 11.2. The molecule has 1 heterocycles. The molecule has 0 bridgehead atoms. The molecular weight excluding hydrogens is 254 g/mol. The Kier molecular flexibility index (Phi) is 4.08. The Labute approximate surface area is 117 Å². The largest absolute Gasteiger partial charge is 0.362 e. The lowest BCUT2D eigenvalue weighted by Gasteiger charge is -2.16. The van der Waals surface area contributed by atoms with Crippen molar-refractivity contribution in [3.8, 4) is 17.3 Å². The summed E-state index contributed by atoms with van der Waals surface area (Å²) in [4.78, 5) is 7.45. The van der Waals surface area contributed by atoms with Gasteiger partial charge >= 0.3 is 0 Å². The second-order valence-electron chi connectivity index (χ2n) is 4.28. The van der Waals surface area contributed by atoms with Crippen molar-refractivity contribution >= 4 is 17.6 Å². The molecule has 3 nitrogen and oxygen atoms in total. The van der Waals surface area contributed by atoms with Gasteiger partial charge in [-0.3, -0.25) is 0 Å². The summed E-state index contributed by atoms with van der Waals surface area (Å²) in [7, 11) is 3.81. The van der Waals surface area contributed by atoms with Crippen molar-refractivity contribution in [1.29, 1.82) is 5.26 Å². The Morgan fingerprint density at radius 2 is 1.89 bits per heavy atom. The van der Waals surface area contributed by atoms with Crippen LogP contribution in [0.1, 0.15) is 5.56 Å². The Morgan fingerprint density at radius 1 is 1.21 bits per heavy atom. The molecule has 0 fully saturated rings. The summed E-state index contributed by atoms with van der Waals surface area (Å²) >= 11 is 1.57. The summed E-state index contributed by atoms with van der Waals surface area (Å²) in [5.74, 6) is 0.716. The average Bonchev–Trinajstić information content (AvgIpc) is 2.46. The van der Waals surface area contributed by atoms with Gasteiger partial charge in [0.15, 0.2) is 0 Å². The molecule has 0 aliphatic carbocycles. The highest BCUT2D eigenvalue weighted by Gasteiger charge is 2.14. The molecule has 0 atom stereocenters. The van der Waals surface area contributed by atoms with Gasteiger partial charge in [-0.05, 0) is 12.3 Å². The van der Waals surface area contributed by atoms with Crippen LogP contribution in [0.5, 0.6) is 0 Å². The van der Waals surface area contributed by atoms with Crippen LogP contribution < -0.4 is 4.90 Å². The van der Waals surface area contributed by atoms with Gasteiger partial charge in [0.25, 0.3) is 0 Å². The van der Waals surface area contributed by atoms with E-state index in [0.29, 0.717) is 11.4 Å². The van der Waals surface area contributed by atoms with Crippen LogP contribution in [0.25, 0.3) is 11.3 Å². The lowest BCUT2D eigenvalue weighted by molar-refractivity contribution is 1.05. The minimum atomic E-state index is 0.636. The molecule has 0 N–H and O–H groups in total. The second-order valence-corrected chi connectivity index (χ2v) is 5.13. The van der Waals surface area contributed by atoms with Crippen LogP contribution in [0.2, 0.25) is 0 Å². The van der Waals surface area contributed by atoms with Crippen molar-refractivity contribution in [1.82, 2.24) is 4.98 Å². The second kappa shape index (κ2) is 5.77. The predicted molar refractivity (Wildman–Crippen MR) is 80.5 cm³/mol. The van der Waals surface area contributed by atoms with Gasteiger partial charge < -0.3 is 4.90 Å². The first kappa shape index (κ1) is 13.4. The normalized spacial score (nSPS) is 10.0. The smallest absolute Gasteiger partial charge is 0.147 e. The highest BCUT2D eigenvalue weighted by molar-refractivity contribution is 7.98. The van der Waals surface area contributed by atoms with E-state index in [4.69, 9.17) is 0 Å². The average molecular weight is 269 g/mol. The van der Waals surface area contributed by atoms with E-state index in [9.17, 15) is 5.26 Å². The zero-order valence-corrected chi connectivity index (χ0v) is 12.0. The molecule has 1 aromatic carbocycles. The number of nitrogens with zero attached hydrogens (tertiary/aromatic N) is 3. The third kappa shape index (κ3) is 2.72. The molecule has 2 aromatic rings. The first-order valence-electron chi connectivity index (χ1n) is 5.89. The highest BCUT2D eigenvalue weighted by Crippen LogP contribution is 2.31. The van der Waals surface area contributed by atoms with Crippen LogP contribution in [-0.4, -0.2) is 25.3 Å². The molecule has 96 valence electrons. The van der Waals surface area contributed by atoms with E-state index in [1.807, 2.05) is 61.6 Å². The molecule has 0 spiro atoms. The first-order valence-corrected chi connectivity index (χ1v) is 7.11. The van der Waals surface area contributed by atoms with E-state index >= 15 is 0 Å². The van der Waals surface area contributed by atoms with Crippen LogP contribution >= 0.6 is 11.8 Å². The van der Waals surface area contributed by atoms with Gasteiger partial charge in [-0.25, -0.2) is 4.98 Å². The van der Waals surface area contributed by atoms with Crippen molar-refractivity contribution in [2.45, 2.75) is 4.90 Å². The Morgan fingerprint density at radius 3 is 2.42 bits per heavy atom. The zero-order chi connectivity index (χ0) is 13.8. The van der Waals surface area contributed by atoms with Crippen LogP contribution in [0, 0.1) is 11.3 Å². The summed E-state index contributed by atoms with van der Waals surface area (Å²) < 4.78 is 0. The van der Waals surface area contributed by atoms with Crippen LogP contribution in [0.4, 0.5) is 5.82 Å². The van der Waals surface area contributed by atoms with Gasteiger partial charge in [0.05, 0.1) is 5.69 Å². The standard InChI is InChI=1S/C15H15N3S/c1-18(2)15-12(10-16)14(19-3)9-13(17-15)11-7-5-4-6-8-11/h4-9H,1-3H3. The van der Waals surface area contributed by atoms with E-state index in [1.165, 1.54) is 0 Å². The summed E-state index contributed by atoms with van der Waals surface area (Å²) in [6.07, 6.45) is 1.98. The van der Waals surface area contributed by atoms with Crippen molar-refractivity contribution in [3.05, 3.63) is 42.0 Å². The van der Waals surface area contributed by atoms with Gasteiger partial charge in [-0.1, -0.05) is 30.3 Å². The van der Waals surface area contributed by atoms with Gasteiger partial charge in [-0.2, -0.15) is 5.26 Å². The van der Waals surface area contributed by atoms with Crippen LogP contribution in [0.3, 0.4) is 0 Å². The van der Waals surface area contributed by atoms with Gasteiger partial charge in [0.1, 0.15) is 17.5 Å². The fraction of sp³-hybridized carbons (Fsp3) is 0.200. The summed E-state index contributed by atoms with van der Waals surface area (Å²) in [5, 5.41) is 9.31. The molecular formula is C15H15N3S. The fourth-order valence-corrected chi connectivity index (χ4v) is 2.43. The molecule has 19 heavy (non-hydrogen) atoms. The molecule has 0 amide bonds. The molecule has 0 aliphatic heterocycles. The van der Waals surface area contributed by atoms with E-state index in [2.05, 4.69) is 11.1 Å². The van der Waals surface area contributed by atoms with Crippen LogP contribution in [0.15, 0.2) is 41.3 Å². The summed E-state index contributed by atoms with van der Waals surface area (Å²) in [6.45, 7) is 0. The molecule has 0 saturated heterocycles. The van der Waals surface area contributed by atoms with E-state index in [-0.39, 0.29) is 0 Å². The third-order valence-corrected chi connectivity index (χ3v) is 3.55. The molecule has 0 aliphatic rings. The maximum atomic E-state index is 9.31. The molecule has 0 radical (unpaired) electrons. The van der Waals surface area contributed by atoms with Gasteiger partial charge in [-0.15, -0.1) is 11.8 Å². The highest BCUT2D eigenvalue weighted by atomic mass is 32.2. The first-order chi connectivity index (χ1) is 9.17. The Bertz CT molecular complexity index is 615. The molecule has 0 unspecified atom stereocenters. The number of aromatic nitrogens is 1. The topological polar surface area (TPSA) is 39.9 Å². The minimum absolute atomic E-state index is 0.636. The number of rotatable bonds is 3. The number of thioether (sulfide) groups is 1. The summed E-state index contributed by atoms with van der Waals surface area (Å²) in [6, 6.07) is 14.2. The Balaban J connectivity index is 2.66. The number of nitriles is 1. The summed E-state index contributed by atoms with van der Waals surface area (Å²) in [5.41, 5.74) is 2.59. The lowest BCUT2D eigenvalue weighted by atomic mass is 10.1. The third-order valence-electron chi connectivity index (χ3n) is 2.79. The van der Waals surface area contributed by atoms with Gasteiger partial charge in [0, 0.05) is 24.6 Å². The van der Waals surface area contributed by atoms with E-state index in [0.717, 1.165) is 16.2 Å². The fourth-order valence-electron chi connectivity index (χ4n) is 1.86. The predicted octanol–water partition coefficient (Wildman–Crippen LogP) is 3.41. The van der Waals surface area contributed by atoms with Crippen molar-refractivity contribution in [3.63, 3.8) is 0 Å². The molecule has 2 rings (SSSR count). The molecule has 0 saturated carbocycles. The monoisotopic (exact) mass is 269 g/mol. The Hall–Kier alpha value is -1.99. The van der Waals surface area contributed by atoms with Gasteiger partial charge in [0.2, 0.25) is 0 Å². The number of anilines is 1. The van der Waals surface area contributed by atoms with Crippen molar-refractivity contribution < 1.29 is 0 Å². The molecule has 4 heteroatoms. The van der Waals surface area contributed by atoms with Crippen molar-refractivity contribution in [2.75, 3.05) is 25.3 Å². The minimum Gasteiger partial charge on any atom is -0.362 e. The maximum absolute atomic E-state index is 9.31. The number of hydrogen-bond acceptors (Lipinski definition) is 4. The number of pyridine rings is 1. The molecule has 1 aromatic heterocycles. The van der Waals surface area contributed by atoms with Crippen LogP contribution in [-0.2, 0) is 0 Å². The number of benzene rings is 1. The maximum Gasteiger partial charge on any atom is 0.147 e. The van der Waals surface area contributed by atoms with Crippen molar-refractivity contribution in [2.24, 2.45) is 0 Å². The SMILES string of the molecule is CSc1cc(-c2ccccc2)nc(N(C)C)c1C#N. The lowest BCUT2D eigenvalue weighted by Crippen LogP contribution is -2.13. The quantitative estimate of drug-likeness (QED) is 0.801.